The molecule has 188 valence electrons. The van der Waals surface area contributed by atoms with Gasteiger partial charge in [-0.3, -0.25) is 9.59 Å². The largest absolute Gasteiger partial charge is 0.484 e. The molecule has 1 amide bonds. The lowest BCUT2D eigenvalue weighted by Crippen LogP contribution is -2.49. The molecule has 0 fully saturated rings. The minimum absolute atomic E-state index is 0.120. The van der Waals surface area contributed by atoms with Gasteiger partial charge in [-0.2, -0.15) is 13.9 Å². The van der Waals surface area contributed by atoms with Gasteiger partial charge in [0, 0.05) is 31.6 Å². The summed E-state index contributed by atoms with van der Waals surface area (Å²) in [6, 6.07) is 17.1. The summed E-state index contributed by atoms with van der Waals surface area (Å²) < 4.78 is 37.0. The summed E-state index contributed by atoms with van der Waals surface area (Å²) in [7, 11) is 1.67. The first kappa shape index (κ1) is 25.1. The molecule has 0 spiro atoms. The number of hydrogen-bond donors (Lipinski definition) is 1. The summed E-state index contributed by atoms with van der Waals surface area (Å²) in [6.45, 7) is 4.27. The van der Waals surface area contributed by atoms with Crippen LogP contribution in [0.1, 0.15) is 32.4 Å². The Morgan fingerprint density at radius 2 is 1.81 bits per heavy atom. The average Bonchev–Trinajstić information content (AvgIpc) is 3.26. The predicted molar refractivity (Wildman–Crippen MR) is 134 cm³/mol. The number of pyridine rings is 1. The van der Waals surface area contributed by atoms with Gasteiger partial charge in [0.25, 0.3) is 5.91 Å². The number of rotatable bonds is 8. The van der Waals surface area contributed by atoms with E-state index in [1.165, 1.54) is 10.6 Å². The Morgan fingerprint density at radius 1 is 1.08 bits per heavy atom. The van der Waals surface area contributed by atoms with Gasteiger partial charge in [-0.05, 0) is 35.7 Å². The molecular formula is C27H28F2N4O3. The van der Waals surface area contributed by atoms with Gasteiger partial charge in [0.2, 0.25) is 5.56 Å². The monoisotopic (exact) mass is 494 g/mol. The zero-order valence-corrected chi connectivity index (χ0v) is 20.5. The lowest BCUT2D eigenvalue weighted by Gasteiger charge is -2.32. The Labute approximate surface area is 207 Å². The number of ether oxygens (including phenoxy) is 1. The van der Waals surface area contributed by atoms with Gasteiger partial charge in [0.05, 0.1) is 23.4 Å². The van der Waals surface area contributed by atoms with E-state index in [0.29, 0.717) is 12.7 Å². The first-order valence-electron chi connectivity index (χ1n) is 11.6. The summed E-state index contributed by atoms with van der Waals surface area (Å²) in [6.07, 6.45) is 2.67. The van der Waals surface area contributed by atoms with E-state index in [1.807, 2.05) is 56.3 Å². The third-order valence-electron chi connectivity index (χ3n) is 5.99. The summed E-state index contributed by atoms with van der Waals surface area (Å²) in [5, 5.41) is 7.73. The second kappa shape index (κ2) is 9.93. The molecule has 0 aliphatic heterocycles. The van der Waals surface area contributed by atoms with Crippen LogP contribution < -0.4 is 15.6 Å². The topological polar surface area (TPSA) is 78.2 Å². The van der Waals surface area contributed by atoms with Crippen molar-refractivity contribution >= 4 is 16.8 Å². The van der Waals surface area contributed by atoms with E-state index in [-0.39, 0.29) is 11.5 Å². The van der Waals surface area contributed by atoms with Crippen molar-refractivity contribution in [2.45, 2.75) is 38.8 Å². The number of aromatic nitrogens is 3. The van der Waals surface area contributed by atoms with E-state index in [4.69, 9.17) is 4.74 Å². The number of nitrogens with one attached hydrogen (secondary N) is 1. The van der Waals surface area contributed by atoms with Crippen molar-refractivity contribution in [3.05, 3.63) is 89.0 Å². The van der Waals surface area contributed by atoms with Crippen molar-refractivity contribution in [2.75, 3.05) is 0 Å². The molecule has 1 N–H and O–H groups in total. The van der Waals surface area contributed by atoms with Crippen LogP contribution in [0.5, 0.6) is 5.75 Å². The third kappa shape index (κ3) is 5.30. The minimum Gasteiger partial charge on any atom is -0.484 e. The average molecular weight is 495 g/mol. The molecule has 0 saturated carbocycles. The van der Waals surface area contributed by atoms with Crippen LogP contribution in [0.3, 0.4) is 0 Å². The standard InChI is InChI=1S/C27H28F2N4O3/c1-17(2)24(31-26(35)27(3,28)29)25(18-8-6-5-7-9-18)36-21-11-12-22-19(14-21)15-30-33(22)20-10-13-23(34)32(4)16-20/h5-17,24-25H,1-4H3,(H,31,35). The molecule has 2 atom stereocenters. The molecule has 9 heteroatoms. The van der Waals surface area contributed by atoms with Gasteiger partial charge in [-0.25, -0.2) is 4.68 Å². The number of carbonyl (C=O) groups is 1. The minimum atomic E-state index is -3.51. The van der Waals surface area contributed by atoms with Crippen LogP contribution in [0.4, 0.5) is 8.78 Å². The predicted octanol–water partition coefficient (Wildman–Crippen LogP) is 4.64. The van der Waals surface area contributed by atoms with Crippen molar-refractivity contribution in [2.24, 2.45) is 13.0 Å². The molecule has 0 bridgehead atoms. The Hall–Kier alpha value is -4.01. The summed E-state index contributed by atoms with van der Waals surface area (Å²) in [4.78, 5) is 23.9. The molecule has 36 heavy (non-hydrogen) atoms. The Balaban J connectivity index is 1.69. The molecule has 0 saturated heterocycles. The van der Waals surface area contributed by atoms with E-state index in [2.05, 4.69) is 10.4 Å². The lowest BCUT2D eigenvalue weighted by molar-refractivity contribution is -0.145. The highest BCUT2D eigenvalue weighted by atomic mass is 19.3. The fourth-order valence-corrected chi connectivity index (χ4v) is 4.00. The number of alkyl halides is 2. The zero-order valence-electron chi connectivity index (χ0n) is 20.5. The number of aryl methyl sites for hydroxylation is 1. The number of carbonyl (C=O) groups excluding carboxylic acids is 1. The van der Waals surface area contributed by atoms with Crippen LogP contribution in [0.2, 0.25) is 0 Å². The Bertz CT molecular complexity index is 1420. The zero-order chi connectivity index (χ0) is 26.0. The number of halogens is 2. The second-order valence-electron chi connectivity index (χ2n) is 9.19. The summed E-state index contributed by atoms with van der Waals surface area (Å²) in [5.74, 6) is -4.56. The molecule has 0 radical (unpaired) electrons. The summed E-state index contributed by atoms with van der Waals surface area (Å²) >= 11 is 0. The number of benzene rings is 2. The number of fused-ring (bicyclic) bond motifs is 1. The second-order valence-corrected chi connectivity index (χ2v) is 9.19. The van der Waals surface area contributed by atoms with Gasteiger partial charge in [-0.1, -0.05) is 44.2 Å². The molecule has 4 rings (SSSR count). The van der Waals surface area contributed by atoms with Crippen LogP contribution >= 0.6 is 0 Å². The lowest BCUT2D eigenvalue weighted by atomic mass is 9.92. The fourth-order valence-electron chi connectivity index (χ4n) is 4.00. The molecule has 2 aromatic carbocycles. The third-order valence-corrected chi connectivity index (χ3v) is 5.99. The maximum Gasteiger partial charge on any atom is 0.321 e. The van der Waals surface area contributed by atoms with Crippen molar-refractivity contribution < 1.29 is 18.3 Å². The van der Waals surface area contributed by atoms with Crippen molar-refractivity contribution in [3.63, 3.8) is 0 Å². The maximum absolute atomic E-state index is 13.7. The number of nitrogens with zero attached hydrogens (tertiary/aromatic N) is 3. The quantitative estimate of drug-likeness (QED) is 0.387. The highest BCUT2D eigenvalue weighted by Gasteiger charge is 2.37. The van der Waals surface area contributed by atoms with Crippen molar-refractivity contribution in [3.8, 4) is 11.4 Å². The van der Waals surface area contributed by atoms with Gasteiger partial charge in [0.15, 0.2) is 0 Å². The fraction of sp³-hybridized carbons (Fsp3) is 0.296. The van der Waals surface area contributed by atoms with E-state index >= 15 is 0 Å². The molecule has 0 aliphatic rings. The summed E-state index contributed by atoms with van der Waals surface area (Å²) in [5.41, 5.74) is 2.16. The van der Waals surface area contributed by atoms with Crippen molar-refractivity contribution in [1.29, 1.82) is 0 Å². The molecule has 0 aliphatic carbocycles. The molecule has 4 aromatic rings. The molecular weight excluding hydrogens is 466 g/mol. The highest BCUT2D eigenvalue weighted by Crippen LogP contribution is 2.31. The molecule has 7 nitrogen and oxygen atoms in total. The van der Waals surface area contributed by atoms with E-state index in [9.17, 15) is 18.4 Å². The maximum atomic E-state index is 13.7. The normalized spacial score (nSPS) is 13.5. The first-order chi connectivity index (χ1) is 17.0. The van der Waals surface area contributed by atoms with Gasteiger partial charge < -0.3 is 14.6 Å². The van der Waals surface area contributed by atoms with E-state index in [1.54, 1.807) is 36.3 Å². The smallest absolute Gasteiger partial charge is 0.321 e. The van der Waals surface area contributed by atoms with Crippen LogP contribution in [0, 0.1) is 5.92 Å². The van der Waals surface area contributed by atoms with Gasteiger partial charge in [0.1, 0.15) is 11.9 Å². The van der Waals surface area contributed by atoms with E-state index in [0.717, 1.165) is 22.2 Å². The van der Waals surface area contributed by atoms with Crippen LogP contribution in [0.15, 0.2) is 77.9 Å². The molecule has 2 aromatic heterocycles. The molecule has 2 heterocycles. The Morgan fingerprint density at radius 3 is 2.44 bits per heavy atom. The van der Waals surface area contributed by atoms with Crippen LogP contribution in [-0.2, 0) is 11.8 Å². The van der Waals surface area contributed by atoms with Gasteiger partial charge in [-0.15, -0.1) is 0 Å². The molecule has 2 unspecified atom stereocenters. The number of hydrogen-bond acceptors (Lipinski definition) is 4. The van der Waals surface area contributed by atoms with E-state index < -0.39 is 24.0 Å². The Kier molecular flexibility index (Phi) is 6.92. The van der Waals surface area contributed by atoms with Crippen LogP contribution in [-0.4, -0.2) is 32.2 Å². The SMILES string of the molecule is CC(C)C(NC(=O)C(C)(F)F)C(Oc1ccc2c(cnn2-c2ccc(=O)n(C)c2)c1)c1ccccc1. The van der Waals surface area contributed by atoms with Crippen molar-refractivity contribution in [1.82, 2.24) is 19.7 Å². The highest BCUT2D eigenvalue weighted by molar-refractivity contribution is 5.83. The van der Waals surface area contributed by atoms with Crippen LogP contribution in [0.25, 0.3) is 16.6 Å². The number of amides is 1. The van der Waals surface area contributed by atoms with Gasteiger partial charge >= 0.3 is 5.92 Å². The first-order valence-corrected chi connectivity index (χ1v) is 11.6.